The number of hydrogen-bond acceptors (Lipinski definition) is 4. The summed E-state index contributed by atoms with van der Waals surface area (Å²) in [7, 11) is -3.38. The Morgan fingerprint density at radius 3 is 2.81 bits per heavy atom. The molecule has 1 heterocycles. The van der Waals surface area contributed by atoms with Crippen molar-refractivity contribution in [3.8, 4) is 0 Å². The number of H-pyrrole nitrogens is 1. The Balaban J connectivity index is 2.18. The van der Waals surface area contributed by atoms with Gasteiger partial charge in [-0.2, -0.15) is 9.40 Å². The first-order chi connectivity index (χ1) is 7.66. The second-order valence-corrected chi connectivity index (χ2v) is 5.81. The van der Waals surface area contributed by atoms with Gasteiger partial charge in [-0.05, 0) is 25.8 Å². The third-order valence-corrected chi connectivity index (χ3v) is 4.53. The van der Waals surface area contributed by atoms with Crippen molar-refractivity contribution in [2.24, 2.45) is 5.73 Å². The summed E-state index contributed by atoms with van der Waals surface area (Å²) in [5, 5.41) is 6.20. The Morgan fingerprint density at radius 1 is 1.56 bits per heavy atom. The molecule has 0 saturated heterocycles. The summed E-state index contributed by atoms with van der Waals surface area (Å²) in [5.41, 5.74) is 5.42. The van der Waals surface area contributed by atoms with E-state index in [4.69, 9.17) is 5.73 Å². The highest BCUT2D eigenvalue weighted by atomic mass is 32.2. The number of hydrogen-bond donors (Lipinski definition) is 2. The molecular weight excluding hydrogens is 228 g/mol. The maximum absolute atomic E-state index is 12.2. The zero-order chi connectivity index (χ0) is 11.6. The molecule has 0 spiro atoms. The molecule has 0 unspecified atom stereocenters. The molecule has 1 aromatic heterocycles. The van der Waals surface area contributed by atoms with Gasteiger partial charge < -0.3 is 5.73 Å². The lowest BCUT2D eigenvalue weighted by Gasteiger charge is -2.20. The maximum Gasteiger partial charge on any atom is 0.246 e. The standard InChI is InChI=1S/C9H16N4O2S/c10-4-1-5-13(8-2-3-8)16(14,15)9-6-11-12-7-9/h6-8H,1-5,10H2,(H,11,12). The van der Waals surface area contributed by atoms with E-state index >= 15 is 0 Å². The predicted molar refractivity (Wildman–Crippen MR) is 59.2 cm³/mol. The summed E-state index contributed by atoms with van der Waals surface area (Å²) in [6, 6.07) is 0.159. The van der Waals surface area contributed by atoms with Crippen LogP contribution in [0.2, 0.25) is 0 Å². The Kier molecular flexibility index (Phi) is 3.27. The summed E-state index contributed by atoms with van der Waals surface area (Å²) in [5.74, 6) is 0. The van der Waals surface area contributed by atoms with Crippen LogP contribution in [0, 0.1) is 0 Å². The first kappa shape index (κ1) is 11.6. The Labute approximate surface area is 94.9 Å². The molecule has 0 aliphatic heterocycles. The summed E-state index contributed by atoms with van der Waals surface area (Å²) in [4.78, 5) is 0.233. The van der Waals surface area contributed by atoms with Gasteiger partial charge in [0, 0.05) is 18.8 Å². The average molecular weight is 244 g/mol. The van der Waals surface area contributed by atoms with Gasteiger partial charge in [0.1, 0.15) is 4.90 Å². The van der Waals surface area contributed by atoms with Crippen molar-refractivity contribution in [1.29, 1.82) is 0 Å². The number of aromatic amines is 1. The molecule has 0 radical (unpaired) electrons. The van der Waals surface area contributed by atoms with Gasteiger partial charge in [-0.3, -0.25) is 5.10 Å². The highest BCUT2D eigenvalue weighted by Crippen LogP contribution is 2.31. The normalized spacial score (nSPS) is 16.9. The molecule has 1 aliphatic rings. The molecule has 0 aromatic carbocycles. The number of nitrogens with zero attached hydrogens (tertiary/aromatic N) is 2. The van der Waals surface area contributed by atoms with Crippen LogP contribution < -0.4 is 5.73 Å². The van der Waals surface area contributed by atoms with Crippen LogP contribution in [0.4, 0.5) is 0 Å². The van der Waals surface area contributed by atoms with E-state index in [-0.39, 0.29) is 10.9 Å². The van der Waals surface area contributed by atoms with Crippen molar-refractivity contribution in [3.05, 3.63) is 12.4 Å². The van der Waals surface area contributed by atoms with Crippen LogP contribution in [-0.4, -0.2) is 42.1 Å². The maximum atomic E-state index is 12.2. The zero-order valence-electron chi connectivity index (χ0n) is 8.96. The Morgan fingerprint density at radius 2 is 2.31 bits per heavy atom. The van der Waals surface area contributed by atoms with Gasteiger partial charge in [-0.25, -0.2) is 8.42 Å². The largest absolute Gasteiger partial charge is 0.330 e. The van der Waals surface area contributed by atoms with Gasteiger partial charge in [-0.1, -0.05) is 0 Å². The smallest absolute Gasteiger partial charge is 0.246 e. The number of aromatic nitrogens is 2. The molecule has 0 amide bonds. The van der Waals surface area contributed by atoms with Crippen LogP contribution >= 0.6 is 0 Å². The highest BCUT2D eigenvalue weighted by Gasteiger charge is 2.37. The van der Waals surface area contributed by atoms with E-state index in [9.17, 15) is 8.42 Å². The van der Waals surface area contributed by atoms with Crippen molar-refractivity contribution < 1.29 is 8.42 Å². The van der Waals surface area contributed by atoms with Crippen LogP contribution in [0.5, 0.6) is 0 Å². The van der Waals surface area contributed by atoms with E-state index in [1.807, 2.05) is 0 Å². The lowest BCUT2D eigenvalue weighted by molar-refractivity contribution is 0.399. The SMILES string of the molecule is NCCCN(C1CC1)S(=O)(=O)c1cn[nH]c1. The van der Waals surface area contributed by atoms with Gasteiger partial charge in [0.05, 0.1) is 6.20 Å². The molecule has 0 atom stereocenters. The second-order valence-electron chi connectivity index (χ2n) is 3.92. The lowest BCUT2D eigenvalue weighted by Crippen LogP contribution is -2.34. The molecular formula is C9H16N4O2S. The number of nitrogens with two attached hydrogens (primary N) is 1. The lowest BCUT2D eigenvalue weighted by atomic mass is 10.4. The summed E-state index contributed by atoms with van der Waals surface area (Å²) in [6.07, 6.45) is 5.33. The molecule has 1 fully saturated rings. The minimum Gasteiger partial charge on any atom is -0.330 e. The van der Waals surface area contributed by atoms with Crippen LogP contribution in [0.25, 0.3) is 0 Å². The monoisotopic (exact) mass is 244 g/mol. The minimum absolute atomic E-state index is 0.159. The third-order valence-electron chi connectivity index (χ3n) is 2.62. The van der Waals surface area contributed by atoms with Crippen LogP contribution in [0.15, 0.2) is 17.3 Å². The molecule has 1 saturated carbocycles. The molecule has 2 rings (SSSR count). The average Bonchev–Trinajstić information content (AvgIpc) is 2.92. The van der Waals surface area contributed by atoms with Crippen molar-refractivity contribution in [3.63, 3.8) is 0 Å². The number of nitrogens with one attached hydrogen (secondary N) is 1. The number of rotatable bonds is 6. The Bertz CT molecular complexity index is 424. The van der Waals surface area contributed by atoms with E-state index in [2.05, 4.69) is 10.2 Å². The summed E-state index contributed by atoms with van der Waals surface area (Å²) in [6.45, 7) is 0.999. The van der Waals surface area contributed by atoms with Gasteiger partial charge in [-0.15, -0.1) is 0 Å². The third kappa shape index (κ3) is 2.26. The van der Waals surface area contributed by atoms with Gasteiger partial charge in [0.25, 0.3) is 0 Å². The fourth-order valence-corrected chi connectivity index (χ4v) is 3.26. The quantitative estimate of drug-likeness (QED) is 0.731. The Hall–Kier alpha value is -0.920. The van der Waals surface area contributed by atoms with Crippen LogP contribution in [-0.2, 0) is 10.0 Å². The van der Waals surface area contributed by atoms with Crippen molar-refractivity contribution in [1.82, 2.24) is 14.5 Å². The molecule has 6 nitrogen and oxygen atoms in total. The molecule has 0 bridgehead atoms. The van der Waals surface area contributed by atoms with E-state index in [0.717, 1.165) is 12.8 Å². The minimum atomic E-state index is -3.38. The predicted octanol–water partition coefficient (Wildman–Crippen LogP) is -0.0884. The van der Waals surface area contributed by atoms with Gasteiger partial charge >= 0.3 is 0 Å². The molecule has 1 aromatic rings. The fourth-order valence-electron chi connectivity index (χ4n) is 1.62. The van der Waals surface area contributed by atoms with Crippen LogP contribution in [0.1, 0.15) is 19.3 Å². The van der Waals surface area contributed by atoms with Gasteiger partial charge in [0.15, 0.2) is 0 Å². The van der Waals surface area contributed by atoms with E-state index in [0.29, 0.717) is 19.5 Å². The van der Waals surface area contributed by atoms with Crippen molar-refractivity contribution >= 4 is 10.0 Å². The molecule has 7 heteroatoms. The zero-order valence-corrected chi connectivity index (χ0v) is 9.78. The van der Waals surface area contributed by atoms with E-state index in [1.165, 1.54) is 12.4 Å². The first-order valence-corrected chi connectivity index (χ1v) is 6.81. The highest BCUT2D eigenvalue weighted by molar-refractivity contribution is 7.89. The van der Waals surface area contributed by atoms with Crippen LogP contribution in [0.3, 0.4) is 0 Å². The second kappa shape index (κ2) is 4.52. The van der Waals surface area contributed by atoms with Gasteiger partial charge in [0.2, 0.25) is 10.0 Å². The van der Waals surface area contributed by atoms with E-state index in [1.54, 1.807) is 4.31 Å². The molecule has 1 aliphatic carbocycles. The van der Waals surface area contributed by atoms with Crippen molar-refractivity contribution in [2.45, 2.75) is 30.2 Å². The number of sulfonamides is 1. The topological polar surface area (TPSA) is 92.1 Å². The molecule has 16 heavy (non-hydrogen) atoms. The summed E-state index contributed by atoms with van der Waals surface area (Å²) >= 11 is 0. The molecule has 90 valence electrons. The fraction of sp³-hybridized carbons (Fsp3) is 0.667. The van der Waals surface area contributed by atoms with E-state index < -0.39 is 10.0 Å². The first-order valence-electron chi connectivity index (χ1n) is 5.37. The molecule has 3 N–H and O–H groups in total. The summed E-state index contributed by atoms with van der Waals surface area (Å²) < 4.78 is 26.0. The van der Waals surface area contributed by atoms with Crippen molar-refractivity contribution in [2.75, 3.05) is 13.1 Å².